The van der Waals surface area contributed by atoms with E-state index < -0.39 is 0 Å². The van der Waals surface area contributed by atoms with Crippen molar-refractivity contribution in [3.63, 3.8) is 0 Å². The average Bonchev–Trinajstić information content (AvgIpc) is 3.06. The van der Waals surface area contributed by atoms with Gasteiger partial charge in [-0.25, -0.2) is 4.68 Å². The molecule has 0 fully saturated rings. The number of nitro benzene ring substituents is 1. The van der Waals surface area contributed by atoms with Crippen LogP contribution in [0, 0.1) is 14.1 Å². The van der Waals surface area contributed by atoms with Crippen molar-refractivity contribution in [2.45, 2.75) is 20.1 Å². The van der Waals surface area contributed by atoms with E-state index in [1.165, 1.54) is 17.4 Å². The van der Waals surface area contributed by atoms with Crippen molar-refractivity contribution in [3.05, 3.63) is 68.2 Å². The second kappa shape index (κ2) is 9.59. The minimum Gasteiger partial charge on any atom is -0.497 e. The standard InChI is InChI=1S/C19H21N5O3S2/c1-3-22(12-14-6-4-5-7-17(14)24(25)26)13-23-19(28)29-18(21-23)20-15-8-10-16(27-2)11-9-15/h4-11H,3,12-13H2,1-2H3,(H,20,21). The van der Waals surface area contributed by atoms with Crippen LogP contribution in [0.4, 0.5) is 16.5 Å². The van der Waals surface area contributed by atoms with Crippen LogP contribution in [0.25, 0.3) is 0 Å². The Kier molecular flexibility index (Phi) is 6.91. The first-order valence-corrected chi connectivity index (χ1v) is 10.2. The maximum Gasteiger partial charge on any atom is 0.273 e. The SMILES string of the molecule is CCN(Cc1ccccc1[N+](=O)[O-])Cn1nc(Nc2ccc(OC)cc2)sc1=S. The predicted octanol–water partition coefficient (Wildman–Crippen LogP) is 4.81. The van der Waals surface area contributed by atoms with Crippen LogP contribution in [0.15, 0.2) is 48.5 Å². The number of rotatable bonds is 9. The number of aromatic nitrogens is 2. The number of hydrogen-bond donors (Lipinski definition) is 1. The van der Waals surface area contributed by atoms with E-state index in [2.05, 4.69) is 15.3 Å². The summed E-state index contributed by atoms with van der Waals surface area (Å²) in [6.45, 7) is 3.59. The Hall–Kier alpha value is -2.82. The van der Waals surface area contributed by atoms with Crippen LogP contribution in [-0.2, 0) is 13.2 Å². The third kappa shape index (κ3) is 5.37. The molecular formula is C19H21N5O3S2. The molecule has 0 spiro atoms. The molecule has 1 heterocycles. The highest BCUT2D eigenvalue weighted by molar-refractivity contribution is 7.73. The Labute approximate surface area is 177 Å². The molecule has 10 heteroatoms. The number of benzene rings is 2. The molecule has 1 aromatic heterocycles. The molecule has 0 saturated carbocycles. The van der Waals surface area contributed by atoms with Crippen LogP contribution in [0.3, 0.4) is 0 Å². The minimum atomic E-state index is -0.353. The van der Waals surface area contributed by atoms with E-state index in [1.54, 1.807) is 23.9 Å². The number of nitro groups is 1. The highest BCUT2D eigenvalue weighted by Gasteiger charge is 2.16. The van der Waals surface area contributed by atoms with E-state index in [4.69, 9.17) is 17.0 Å². The first-order chi connectivity index (χ1) is 14.0. The van der Waals surface area contributed by atoms with Gasteiger partial charge < -0.3 is 10.1 Å². The number of hydrogen-bond acceptors (Lipinski definition) is 8. The molecule has 8 nitrogen and oxygen atoms in total. The lowest BCUT2D eigenvalue weighted by Crippen LogP contribution is -2.26. The normalized spacial score (nSPS) is 10.9. The molecule has 0 bridgehead atoms. The second-order valence-corrected chi connectivity index (χ2v) is 7.82. The van der Waals surface area contributed by atoms with Crippen LogP contribution < -0.4 is 10.1 Å². The van der Waals surface area contributed by atoms with E-state index >= 15 is 0 Å². The number of nitrogens with one attached hydrogen (secondary N) is 1. The summed E-state index contributed by atoms with van der Waals surface area (Å²) in [5.74, 6) is 0.780. The zero-order valence-electron chi connectivity index (χ0n) is 16.1. The summed E-state index contributed by atoms with van der Waals surface area (Å²) in [5.41, 5.74) is 1.67. The van der Waals surface area contributed by atoms with Gasteiger partial charge in [0.15, 0.2) is 3.95 Å². The van der Waals surface area contributed by atoms with Crippen molar-refractivity contribution < 1.29 is 9.66 Å². The Morgan fingerprint density at radius 3 is 2.66 bits per heavy atom. The summed E-state index contributed by atoms with van der Waals surface area (Å²) in [5, 5.41) is 19.7. The van der Waals surface area contributed by atoms with Crippen LogP contribution in [0.1, 0.15) is 12.5 Å². The molecule has 0 atom stereocenters. The van der Waals surface area contributed by atoms with E-state index in [-0.39, 0.29) is 10.6 Å². The van der Waals surface area contributed by atoms with Gasteiger partial charge in [0, 0.05) is 23.9 Å². The first-order valence-electron chi connectivity index (χ1n) is 8.94. The number of para-hydroxylation sites is 1. The molecule has 0 amide bonds. The molecule has 0 aliphatic heterocycles. The molecule has 1 N–H and O–H groups in total. The Balaban J connectivity index is 1.72. The van der Waals surface area contributed by atoms with Gasteiger partial charge in [-0.3, -0.25) is 15.0 Å². The molecular weight excluding hydrogens is 410 g/mol. The minimum absolute atomic E-state index is 0.120. The third-order valence-corrected chi connectivity index (χ3v) is 5.53. The van der Waals surface area contributed by atoms with Crippen LogP contribution in [0.2, 0.25) is 0 Å². The van der Waals surface area contributed by atoms with Crippen LogP contribution in [-0.4, -0.2) is 33.3 Å². The molecule has 0 unspecified atom stereocenters. The second-order valence-electron chi connectivity index (χ2n) is 6.20. The lowest BCUT2D eigenvalue weighted by Gasteiger charge is -2.20. The van der Waals surface area contributed by atoms with Crippen molar-refractivity contribution in [1.29, 1.82) is 0 Å². The zero-order valence-corrected chi connectivity index (χ0v) is 17.7. The number of nitrogens with zero attached hydrogens (tertiary/aromatic N) is 4. The number of anilines is 2. The van der Waals surface area contributed by atoms with Gasteiger partial charge in [0.25, 0.3) is 5.69 Å². The zero-order chi connectivity index (χ0) is 20.8. The van der Waals surface area contributed by atoms with Gasteiger partial charge in [-0.05, 0) is 43.0 Å². The molecule has 3 aromatic rings. The number of methoxy groups -OCH3 is 1. The highest BCUT2D eigenvalue weighted by Crippen LogP contribution is 2.23. The smallest absolute Gasteiger partial charge is 0.273 e. The Morgan fingerprint density at radius 1 is 1.28 bits per heavy atom. The van der Waals surface area contributed by atoms with Crippen molar-refractivity contribution >= 4 is 40.1 Å². The van der Waals surface area contributed by atoms with E-state index in [9.17, 15) is 10.1 Å². The van der Waals surface area contributed by atoms with Gasteiger partial charge in [-0.1, -0.05) is 36.5 Å². The molecule has 0 aliphatic carbocycles. The summed E-state index contributed by atoms with van der Waals surface area (Å²) in [6.07, 6.45) is 0. The fraction of sp³-hybridized carbons (Fsp3) is 0.263. The Bertz CT molecular complexity index is 1030. The largest absolute Gasteiger partial charge is 0.497 e. The molecule has 0 saturated heterocycles. The first kappa shape index (κ1) is 20.9. The van der Waals surface area contributed by atoms with E-state index in [0.717, 1.165) is 11.4 Å². The lowest BCUT2D eigenvalue weighted by molar-refractivity contribution is -0.385. The Morgan fingerprint density at radius 2 is 2.00 bits per heavy atom. The number of ether oxygens (including phenoxy) is 1. The molecule has 2 aromatic carbocycles. The summed E-state index contributed by atoms with van der Waals surface area (Å²) < 4.78 is 7.51. The van der Waals surface area contributed by atoms with Crippen LogP contribution >= 0.6 is 23.6 Å². The lowest BCUT2D eigenvalue weighted by atomic mass is 10.1. The van der Waals surface area contributed by atoms with Crippen molar-refractivity contribution in [1.82, 2.24) is 14.7 Å². The third-order valence-electron chi connectivity index (χ3n) is 4.31. The van der Waals surface area contributed by atoms with Gasteiger partial charge in [0.2, 0.25) is 5.13 Å². The summed E-state index contributed by atoms with van der Waals surface area (Å²) in [4.78, 5) is 13.0. The average molecular weight is 432 g/mol. The fourth-order valence-corrected chi connectivity index (χ4v) is 3.77. The topological polar surface area (TPSA) is 85.5 Å². The highest BCUT2D eigenvalue weighted by atomic mass is 32.1. The molecule has 29 heavy (non-hydrogen) atoms. The van der Waals surface area contributed by atoms with Crippen molar-refractivity contribution in [2.24, 2.45) is 0 Å². The monoisotopic (exact) mass is 431 g/mol. The van der Waals surface area contributed by atoms with Crippen molar-refractivity contribution in [3.8, 4) is 5.75 Å². The van der Waals surface area contributed by atoms with Gasteiger partial charge in [-0.15, -0.1) is 5.10 Å². The van der Waals surface area contributed by atoms with Gasteiger partial charge >= 0.3 is 0 Å². The van der Waals surface area contributed by atoms with E-state index in [1.807, 2.05) is 37.3 Å². The quantitative estimate of drug-likeness (QED) is 0.295. The van der Waals surface area contributed by atoms with Crippen molar-refractivity contribution in [2.75, 3.05) is 19.0 Å². The molecule has 0 radical (unpaired) electrons. The molecule has 3 rings (SSSR count). The molecule has 152 valence electrons. The van der Waals surface area contributed by atoms with E-state index in [0.29, 0.717) is 34.4 Å². The summed E-state index contributed by atoms with van der Waals surface area (Å²) in [6, 6.07) is 14.3. The van der Waals surface area contributed by atoms with Gasteiger partial charge in [-0.2, -0.15) is 0 Å². The van der Waals surface area contributed by atoms with Crippen LogP contribution in [0.5, 0.6) is 5.75 Å². The summed E-state index contributed by atoms with van der Waals surface area (Å²) in [7, 11) is 1.62. The maximum atomic E-state index is 11.3. The fourth-order valence-electron chi connectivity index (χ4n) is 2.76. The maximum absolute atomic E-state index is 11.3. The molecule has 0 aliphatic rings. The van der Waals surface area contributed by atoms with Gasteiger partial charge in [0.1, 0.15) is 5.75 Å². The summed E-state index contributed by atoms with van der Waals surface area (Å²) >= 11 is 6.83. The van der Waals surface area contributed by atoms with Gasteiger partial charge in [0.05, 0.1) is 18.7 Å². The predicted molar refractivity (Wildman–Crippen MR) is 116 cm³/mol.